The molecule has 2 aromatic rings. The molecule has 0 radical (unpaired) electrons. The number of nitrogens with one attached hydrogen (secondary N) is 1. The highest BCUT2D eigenvalue weighted by Crippen LogP contribution is 2.33. The molecule has 6 heteroatoms. The number of amides is 1. The van der Waals surface area contributed by atoms with E-state index >= 15 is 0 Å². The lowest BCUT2D eigenvalue weighted by Gasteiger charge is -2.01. The number of benzene rings is 1. The van der Waals surface area contributed by atoms with Gasteiger partial charge in [-0.15, -0.1) is 0 Å². The summed E-state index contributed by atoms with van der Waals surface area (Å²) in [6.07, 6.45) is 3.39. The zero-order valence-electron chi connectivity index (χ0n) is 11.0. The third-order valence-corrected chi connectivity index (χ3v) is 2.64. The fraction of sp³-hybridized carbons (Fsp3) is 0.214. The molecule has 1 aromatic heterocycles. The molecule has 0 aliphatic carbocycles. The fourth-order valence-corrected chi connectivity index (χ4v) is 1.77. The molecule has 3 N–H and O–H groups in total. The summed E-state index contributed by atoms with van der Waals surface area (Å²) >= 11 is 0. The Balaban J connectivity index is 2.59. The van der Waals surface area contributed by atoms with Gasteiger partial charge in [0.25, 0.3) is 5.91 Å². The van der Waals surface area contributed by atoms with Gasteiger partial charge >= 0.3 is 0 Å². The summed E-state index contributed by atoms with van der Waals surface area (Å²) in [5.41, 5.74) is 5.13. The lowest BCUT2D eigenvalue weighted by molar-refractivity contribution is 0.0977. The van der Waals surface area contributed by atoms with E-state index in [0.29, 0.717) is 6.07 Å². The first-order valence-corrected chi connectivity index (χ1v) is 6.04. The minimum Gasteiger partial charge on any atom is -0.446 e. The second-order valence-electron chi connectivity index (χ2n) is 4.68. The first-order chi connectivity index (χ1) is 9.40. The maximum atomic E-state index is 13.6. The molecule has 0 fully saturated rings. The van der Waals surface area contributed by atoms with Crippen molar-refractivity contribution in [3.8, 4) is 0 Å². The quantitative estimate of drug-likeness (QED) is 0.902. The second-order valence-corrected chi connectivity index (χ2v) is 4.68. The molecule has 20 heavy (non-hydrogen) atoms. The molecule has 0 spiro atoms. The third kappa shape index (κ3) is 2.64. The maximum absolute atomic E-state index is 13.6. The van der Waals surface area contributed by atoms with Gasteiger partial charge in [-0.25, -0.2) is 8.78 Å². The molecule has 1 amide bonds. The molecule has 0 saturated heterocycles. The van der Waals surface area contributed by atoms with Crippen molar-refractivity contribution in [3.63, 3.8) is 0 Å². The highest BCUT2D eigenvalue weighted by Gasteiger charge is 2.21. The number of fused-ring (bicyclic) bond motifs is 1. The van der Waals surface area contributed by atoms with Crippen molar-refractivity contribution in [2.24, 2.45) is 11.7 Å². The highest BCUT2D eigenvalue weighted by atomic mass is 19.1. The van der Waals surface area contributed by atoms with Gasteiger partial charge in [0, 0.05) is 6.07 Å². The third-order valence-electron chi connectivity index (χ3n) is 2.64. The monoisotopic (exact) mass is 280 g/mol. The van der Waals surface area contributed by atoms with E-state index in [1.54, 1.807) is 6.20 Å². The molecular formula is C14H14F2N2O2. The van der Waals surface area contributed by atoms with Crippen LogP contribution in [0.15, 0.2) is 28.8 Å². The Hall–Kier alpha value is -2.37. The van der Waals surface area contributed by atoms with Gasteiger partial charge in [-0.2, -0.15) is 0 Å². The number of hydrogen-bond donors (Lipinski definition) is 2. The molecule has 106 valence electrons. The SMILES string of the molecule is CC(C)/C=C/Nc1c(C(N)=O)oc2c(F)cc(F)cc12. The minimum absolute atomic E-state index is 0.129. The van der Waals surface area contributed by atoms with Crippen molar-refractivity contribution < 1.29 is 18.0 Å². The van der Waals surface area contributed by atoms with Crippen LogP contribution >= 0.6 is 0 Å². The Morgan fingerprint density at radius 2 is 2.10 bits per heavy atom. The number of carbonyl (C=O) groups is 1. The van der Waals surface area contributed by atoms with E-state index in [0.717, 1.165) is 6.07 Å². The van der Waals surface area contributed by atoms with Gasteiger partial charge in [0.05, 0.1) is 11.1 Å². The summed E-state index contributed by atoms with van der Waals surface area (Å²) in [6, 6.07) is 1.77. The molecule has 1 heterocycles. The van der Waals surface area contributed by atoms with Crippen LogP contribution in [-0.2, 0) is 0 Å². The van der Waals surface area contributed by atoms with Crippen LogP contribution in [-0.4, -0.2) is 5.91 Å². The Bertz CT molecular complexity index is 690. The number of anilines is 1. The normalized spacial score (nSPS) is 11.7. The predicted octanol–water partition coefficient (Wildman–Crippen LogP) is 3.39. The van der Waals surface area contributed by atoms with Crippen molar-refractivity contribution in [1.82, 2.24) is 0 Å². The van der Waals surface area contributed by atoms with Crippen molar-refractivity contribution in [2.45, 2.75) is 13.8 Å². The standard InChI is InChI=1S/C14H14F2N2O2/c1-7(2)3-4-18-11-9-5-8(15)6-10(16)12(9)20-13(11)14(17)19/h3-7,18H,1-2H3,(H2,17,19)/b4-3+. The van der Waals surface area contributed by atoms with E-state index < -0.39 is 17.5 Å². The number of carbonyl (C=O) groups excluding carboxylic acids is 1. The maximum Gasteiger partial charge on any atom is 0.286 e. The summed E-state index contributed by atoms with van der Waals surface area (Å²) in [4.78, 5) is 11.3. The Kier molecular flexibility index (Phi) is 3.74. The van der Waals surface area contributed by atoms with Gasteiger partial charge < -0.3 is 15.5 Å². The van der Waals surface area contributed by atoms with Crippen LogP contribution in [0.2, 0.25) is 0 Å². The van der Waals surface area contributed by atoms with Crippen LogP contribution in [0, 0.1) is 17.6 Å². The minimum atomic E-state index is -0.886. The average molecular weight is 280 g/mol. The molecule has 0 aliphatic heterocycles. The van der Waals surface area contributed by atoms with Crippen LogP contribution in [0.25, 0.3) is 11.0 Å². The summed E-state index contributed by atoms with van der Waals surface area (Å²) < 4.78 is 32.0. The van der Waals surface area contributed by atoms with Crippen LogP contribution < -0.4 is 11.1 Å². The highest BCUT2D eigenvalue weighted by molar-refractivity contribution is 6.06. The Morgan fingerprint density at radius 1 is 1.40 bits per heavy atom. The Labute approximate surface area is 114 Å². The van der Waals surface area contributed by atoms with Crippen LogP contribution in [0.5, 0.6) is 0 Å². The van der Waals surface area contributed by atoms with Gasteiger partial charge in [-0.3, -0.25) is 4.79 Å². The number of furan rings is 1. The number of rotatable bonds is 4. The number of halogens is 2. The molecule has 0 saturated carbocycles. The topological polar surface area (TPSA) is 68.3 Å². The lowest BCUT2D eigenvalue weighted by Crippen LogP contribution is -2.11. The van der Waals surface area contributed by atoms with E-state index in [9.17, 15) is 13.6 Å². The van der Waals surface area contributed by atoms with Crippen molar-refractivity contribution in [3.05, 3.63) is 41.8 Å². The molecule has 0 bridgehead atoms. The van der Waals surface area contributed by atoms with Gasteiger partial charge in [0.1, 0.15) is 5.82 Å². The van der Waals surface area contributed by atoms with Crippen LogP contribution in [0.3, 0.4) is 0 Å². The second kappa shape index (κ2) is 5.32. The molecule has 2 rings (SSSR count). The van der Waals surface area contributed by atoms with E-state index in [4.69, 9.17) is 10.2 Å². The van der Waals surface area contributed by atoms with E-state index in [2.05, 4.69) is 5.32 Å². The molecular weight excluding hydrogens is 266 g/mol. The van der Waals surface area contributed by atoms with E-state index in [1.807, 2.05) is 19.9 Å². The number of hydrogen-bond acceptors (Lipinski definition) is 3. The van der Waals surface area contributed by atoms with Crippen LogP contribution in [0.1, 0.15) is 24.4 Å². The largest absolute Gasteiger partial charge is 0.446 e. The first kappa shape index (κ1) is 14.0. The molecule has 1 aromatic carbocycles. The first-order valence-electron chi connectivity index (χ1n) is 6.04. The summed E-state index contributed by atoms with van der Waals surface area (Å²) in [6.45, 7) is 3.92. The number of primary amides is 1. The van der Waals surface area contributed by atoms with Gasteiger partial charge in [-0.1, -0.05) is 19.9 Å². The molecule has 0 atom stereocenters. The zero-order chi connectivity index (χ0) is 14.9. The van der Waals surface area contributed by atoms with E-state index in [-0.39, 0.29) is 28.3 Å². The zero-order valence-corrected chi connectivity index (χ0v) is 11.0. The predicted molar refractivity (Wildman–Crippen MR) is 72.2 cm³/mol. The molecule has 0 unspecified atom stereocenters. The number of allylic oxidation sites excluding steroid dienone is 1. The van der Waals surface area contributed by atoms with E-state index in [1.165, 1.54) is 0 Å². The Morgan fingerprint density at radius 3 is 2.70 bits per heavy atom. The smallest absolute Gasteiger partial charge is 0.286 e. The summed E-state index contributed by atoms with van der Waals surface area (Å²) in [7, 11) is 0. The fourth-order valence-electron chi connectivity index (χ4n) is 1.77. The van der Waals surface area contributed by atoms with Gasteiger partial charge in [0.2, 0.25) is 5.76 Å². The van der Waals surface area contributed by atoms with Crippen molar-refractivity contribution in [2.75, 3.05) is 5.32 Å². The van der Waals surface area contributed by atoms with Crippen molar-refractivity contribution >= 4 is 22.6 Å². The average Bonchev–Trinajstić information content (AvgIpc) is 2.68. The van der Waals surface area contributed by atoms with Gasteiger partial charge in [-0.05, 0) is 18.2 Å². The molecule has 0 aliphatic rings. The number of nitrogens with two attached hydrogens (primary N) is 1. The molecule has 4 nitrogen and oxygen atoms in total. The van der Waals surface area contributed by atoms with Crippen molar-refractivity contribution in [1.29, 1.82) is 0 Å². The van der Waals surface area contributed by atoms with Crippen LogP contribution in [0.4, 0.5) is 14.5 Å². The summed E-state index contributed by atoms with van der Waals surface area (Å²) in [5, 5.41) is 2.92. The summed E-state index contributed by atoms with van der Waals surface area (Å²) in [5.74, 6) is -2.48. The van der Waals surface area contributed by atoms with Gasteiger partial charge in [0.15, 0.2) is 11.4 Å². The lowest BCUT2D eigenvalue weighted by atomic mass is 10.2.